The highest BCUT2D eigenvalue weighted by atomic mass is 35.5. The average Bonchev–Trinajstić information content (AvgIpc) is 3.05. The molecule has 0 aliphatic carbocycles. The Labute approximate surface area is 132 Å². The van der Waals surface area contributed by atoms with E-state index >= 15 is 0 Å². The number of hydrogen-bond donors (Lipinski definition) is 0. The molecule has 3 aromatic rings. The lowest BCUT2D eigenvalue weighted by Gasteiger charge is -2.10. The van der Waals surface area contributed by atoms with Crippen molar-refractivity contribution in [1.29, 1.82) is 0 Å². The van der Waals surface area contributed by atoms with E-state index in [0.717, 1.165) is 26.9 Å². The highest BCUT2D eigenvalue weighted by molar-refractivity contribution is 7.11. The molecule has 0 aliphatic rings. The molecular weight excluding hydrogens is 333 g/mol. The molecule has 2 aromatic heterocycles. The van der Waals surface area contributed by atoms with Crippen LogP contribution in [0.15, 0.2) is 29.2 Å². The minimum absolute atomic E-state index is 0.0188. The van der Waals surface area contributed by atoms with E-state index in [4.69, 9.17) is 16.3 Å². The molecule has 10 heteroatoms. The fourth-order valence-electron chi connectivity index (χ4n) is 1.79. The van der Waals surface area contributed by atoms with Gasteiger partial charge >= 0.3 is 5.69 Å². The normalized spacial score (nSPS) is 10.9. The minimum Gasteiger partial charge on any atom is -0.465 e. The maximum Gasteiger partial charge on any atom is 0.368 e. The molecule has 114 valence electrons. The van der Waals surface area contributed by atoms with Crippen molar-refractivity contribution in [2.75, 3.05) is 0 Å². The van der Waals surface area contributed by atoms with Crippen LogP contribution in [0.5, 0.6) is 5.19 Å². The molecule has 0 saturated heterocycles. The van der Waals surface area contributed by atoms with Gasteiger partial charge in [0.2, 0.25) is 0 Å². The van der Waals surface area contributed by atoms with E-state index in [1.54, 1.807) is 18.2 Å². The van der Waals surface area contributed by atoms with Crippen LogP contribution in [-0.2, 0) is 13.7 Å². The monoisotopic (exact) mass is 341 g/mol. The molecule has 0 amide bonds. The van der Waals surface area contributed by atoms with E-state index in [9.17, 15) is 9.18 Å². The Balaban J connectivity index is 1.96. The number of thiazole rings is 1. The van der Waals surface area contributed by atoms with Crippen LogP contribution in [0.3, 0.4) is 0 Å². The molecule has 1 aromatic carbocycles. The Bertz CT molecular complexity index is 875. The molecule has 0 aliphatic heterocycles. The molecular formula is C12H9ClFN5O2S. The second-order valence-electron chi connectivity index (χ2n) is 4.25. The quantitative estimate of drug-likeness (QED) is 0.723. The van der Waals surface area contributed by atoms with Crippen molar-refractivity contribution in [2.24, 2.45) is 7.05 Å². The van der Waals surface area contributed by atoms with Gasteiger partial charge in [0.1, 0.15) is 6.61 Å². The van der Waals surface area contributed by atoms with Crippen molar-refractivity contribution in [3.05, 3.63) is 50.6 Å². The third-order valence-electron chi connectivity index (χ3n) is 2.84. The predicted octanol–water partition coefficient (Wildman–Crippen LogP) is 1.79. The summed E-state index contributed by atoms with van der Waals surface area (Å²) in [6.45, 7) is 0.0188. The van der Waals surface area contributed by atoms with Crippen molar-refractivity contribution >= 4 is 22.9 Å². The van der Waals surface area contributed by atoms with Gasteiger partial charge in [-0.1, -0.05) is 17.7 Å². The molecule has 0 bridgehead atoms. The molecule has 7 nitrogen and oxygen atoms in total. The molecule has 22 heavy (non-hydrogen) atoms. The first-order chi connectivity index (χ1) is 10.6. The van der Waals surface area contributed by atoms with Crippen LogP contribution in [0.4, 0.5) is 4.39 Å². The molecule has 0 fully saturated rings. The first kappa shape index (κ1) is 14.7. The summed E-state index contributed by atoms with van der Waals surface area (Å²) < 4.78 is 20.5. The molecule has 3 rings (SSSR count). The van der Waals surface area contributed by atoms with Crippen molar-refractivity contribution in [3.63, 3.8) is 0 Å². The number of tetrazole rings is 1. The second kappa shape index (κ2) is 5.85. The number of rotatable bonds is 4. The average molecular weight is 342 g/mol. The first-order valence-electron chi connectivity index (χ1n) is 6.07. The summed E-state index contributed by atoms with van der Waals surface area (Å²) in [7, 11) is 1.49. The zero-order valence-electron chi connectivity index (χ0n) is 11.2. The van der Waals surface area contributed by atoms with E-state index in [0.29, 0.717) is 16.3 Å². The van der Waals surface area contributed by atoms with Gasteiger partial charge in [0, 0.05) is 17.6 Å². The van der Waals surface area contributed by atoms with Gasteiger partial charge in [0.15, 0.2) is 5.13 Å². The van der Waals surface area contributed by atoms with Gasteiger partial charge in [0.05, 0.1) is 11.9 Å². The minimum atomic E-state index is -0.445. The van der Waals surface area contributed by atoms with Crippen LogP contribution in [0, 0.1) is 5.13 Å². The Morgan fingerprint density at radius 2 is 2.23 bits per heavy atom. The van der Waals surface area contributed by atoms with E-state index in [1.165, 1.54) is 7.05 Å². The molecule has 0 radical (unpaired) electrons. The molecule has 0 saturated carbocycles. The van der Waals surface area contributed by atoms with Crippen molar-refractivity contribution in [2.45, 2.75) is 6.61 Å². The number of aryl methyl sites for hydroxylation is 1. The van der Waals surface area contributed by atoms with E-state index in [1.807, 2.05) is 0 Å². The summed E-state index contributed by atoms with van der Waals surface area (Å²) in [5.41, 5.74) is 0.564. The lowest BCUT2D eigenvalue weighted by Crippen LogP contribution is -2.23. The third-order valence-corrected chi connectivity index (χ3v) is 3.89. The van der Waals surface area contributed by atoms with Gasteiger partial charge in [-0.15, -0.1) is 0 Å². The lowest BCUT2D eigenvalue weighted by molar-refractivity contribution is 0.304. The highest BCUT2D eigenvalue weighted by Crippen LogP contribution is 2.25. The Morgan fingerprint density at radius 1 is 1.41 bits per heavy atom. The smallest absolute Gasteiger partial charge is 0.368 e. The van der Waals surface area contributed by atoms with Gasteiger partial charge in [-0.2, -0.15) is 13.8 Å². The van der Waals surface area contributed by atoms with Crippen LogP contribution < -0.4 is 10.4 Å². The summed E-state index contributed by atoms with van der Waals surface area (Å²) in [5, 5.41) is 7.56. The second-order valence-corrected chi connectivity index (χ2v) is 5.60. The van der Waals surface area contributed by atoms with Crippen molar-refractivity contribution in [1.82, 2.24) is 24.8 Å². The van der Waals surface area contributed by atoms with E-state index in [2.05, 4.69) is 15.4 Å². The number of ether oxygens (including phenoxy) is 1. The van der Waals surface area contributed by atoms with Crippen LogP contribution in [0.25, 0.3) is 5.69 Å². The van der Waals surface area contributed by atoms with Crippen molar-refractivity contribution < 1.29 is 9.13 Å². The van der Waals surface area contributed by atoms with Gasteiger partial charge in [-0.3, -0.25) is 0 Å². The number of hydrogen-bond acceptors (Lipinski definition) is 6. The topological polar surface area (TPSA) is 74.8 Å². The van der Waals surface area contributed by atoms with Gasteiger partial charge in [-0.25, -0.2) is 9.78 Å². The number of halogens is 2. The number of aromatic nitrogens is 5. The van der Waals surface area contributed by atoms with Gasteiger partial charge in [-0.05, 0) is 33.9 Å². The molecule has 0 atom stereocenters. The maximum absolute atomic E-state index is 12.9. The predicted molar refractivity (Wildman–Crippen MR) is 78.0 cm³/mol. The first-order valence-corrected chi connectivity index (χ1v) is 7.26. The summed E-state index contributed by atoms with van der Waals surface area (Å²) in [6.07, 6.45) is 1.07. The van der Waals surface area contributed by atoms with Gasteiger partial charge < -0.3 is 4.74 Å². The molecule has 0 spiro atoms. The lowest BCUT2D eigenvalue weighted by atomic mass is 10.2. The SMILES string of the molecule is Cn1nnn(-c2cccc(Cl)c2COc2ncc(F)s2)c1=O. The summed E-state index contributed by atoms with van der Waals surface area (Å²) in [6, 6.07) is 5.02. The fraction of sp³-hybridized carbons (Fsp3) is 0.167. The van der Waals surface area contributed by atoms with Crippen molar-refractivity contribution in [3.8, 4) is 10.9 Å². The summed E-state index contributed by atoms with van der Waals surface area (Å²) >= 11 is 6.95. The number of benzene rings is 1. The summed E-state index contributed by atoms with van der Waals surface area (Å²) in [5.74, 6) is 0. The largest absolute Gasteiger partial charge is 0.465 e. The third kappa shape index (κ3) is 2.72. The van der Waals surface area contributed by atoms with Crippen LogP contribution >= 0.6 is 22.9 Å². The zero-order chi connectivity index (χ0) is 15.7. The maximum atomic E-state index is 12.9. The molecule has 2 heterocycles. The van der Waals surface area contributed by atoms with Crippen LogP contribution in [0.1, 0.15) is 5.56 Å². The fourth-order valence-corrected chi connectivity index (χ4v) is 2.51. The number of nitrogens with zero attached hydrogens (tertiary/aromatic N) is 5. The Hall–Kier alpha value is -2.26. The van der Waals surface area contributed by atoms with Crippen LogP contribution in [-0.4, -0.2) is 24.8 Å². The van der Waals surface area contributed by atoms with Crippen LogP contribution in [0.2, 0.25) is 5.02 Å². The Kier molecular flexibility index (Phi) is 3.90. The highest BCUT2D eigenvalue weighted by Gasteiger charge is 2.15. The summed E-state index contributed by atoms with van der Waals surface area (Å²) in [4.78, 5) is 15.7. The van der Waals surface area contributed by atoms with Gasteiger partial charge in [0.25, 0.3) is 5.19 Å². The molecule has 0 N–H and O–H groups in total. The zero-order valence-corrected chi connectivity index (χ0v) is 12.8. The van der Waals surface area contributed by atoms with E-state index in [-0.39, 0.29) is 11.8 Å². The Morgan fingerprint density at radius 3 is 2.86 bits per heavy atom. The van der Waals surface area contributed by atoms with E-state index < -0.39 is 10.8 Å². The molecule has 0 unspecified atom stereocenters. The standard InChI is InChI=1S/C12H9ClFN5O2S/c1-18-12(20)19(17-16-18)9-4-2-3-8(13)7(9)6-21-11-15-5-10(14)22-11/h2-5H,6H2,1H3.